The van der Waals surface area contributed by atoms with Gasteiger partial charge in [0, 0.05) is 0 Å². The lowest BCUT2D eigenvalue weighted by Crippen LogP contribution is -2.25. The molecule has 19 heavy (non-hydrogen) atoms. The van der Waals surface area contributed by atoms with Crippen LogP contribution in [0.3, 0.4) is 0 Å². The Hall–Kier alpha value is -1.06. The Morgan fingerprint density at radius 1 is 0.842 bits per heavy atom. The summed E-state index contributed by atoms with van der Waals surface area (Å²) in [6.45, 7) is 14.5. The van der Waals surface area contributed by atoms with Crippen LogP contribution in [0.25, 0.3) is 0 Å². The van der Waals surface area contributed by atoms with E-state index in [0.29, 0.717) is 19.6 Å². The quantitative estimate of drug-likeness (QED) is 0.771. The lowest BCUT2D eigenvalue weighted by molar-refractivity contribution is 0.228. The van der Waals surface area contributed by atoms with Crippen LogP contribution in [0.2, 0.25) is 0 Å². The fourth-order valence-corrected chi connectivity index (χ4v) is 2.06. The third kappa shape index (κ3) is 3.48. The summed E-state index contributed by atoms with van der Waals surface area (Å²) in [5, 5.41) is 0. The van der Waals surface area contributed by atoms with E-state index in [1.807, 2.05) is 0 Å². The van der Waals surface area contributed by atoms with Crippen LogP contribution in [0, 0.1) is 10.8 Å². The van der Waals surface area contributed by atoms with Crippen molar-refractivity contribution in [3.8, 4) is 0 Å². The van der Waals surface area contributed by atoms with E-state index in [2.05, 4.69) is 51.5 Å². The summed E-state index contributed by atoms with van der Waals surface area (Å²) < 4.78 is 11.3. The van der Waals surface area contributed by atoms with Gasteiger partial charge in [-0.1, -0.05) is 41.5 Å². The molecule has 2 atom stereocenters. The molecule has 0 saturated carbocycles. The normalized spacial score (nSPS) is 27.7. The van der Waals surface area contributed by atoms with Gasteiger partial charge in [0.15, 0.2) is 11.8 Å². The molecule has 0 aromatic heterocycles. The molecule has 0 fully saturated rings. The Bertz CT molecular complexity index is 361. The summed E-state index contributed by atoms with van der Waals surface area (Å²) in [5.41, 5.74) is 0.294. The maximum absolute atomic E-state index is 5.66. The predicted molar refractivity (Wildman–Crippen MR) is 77.9 cm³/mol. The molecule has 2 heterocycles. The van der Waals surface area contributed by atoms with Crippen LogP contribution in [0.15, 0.2) is 9.98 Å². The van der Waals surface area contributed by atoms with Gasteiger partial charge in [0.25, 0.3) is 0 Å². The van der Waals surface area contributed by atoms with Crippen LogP contribution in [0.5, 0.6) is 0 Å². The Morgan fingerprint density at radius 2 is 1.21 bits per heavy atom. The van der Waals surface area contributed by atoms with Crippen LogP contribution in [-0.2, 0) is 9.47 Å². The van der Waals surface area contributed by atoms with E-state index in [4.69, 9.17) is 9.47 Å². The van der Waals surface area contributed by atoms with Gasteiger partial charge in [-0.15, -0.1) is 0 Å². The summed E-state index contributed by atoms with van der Waals surface area (Å²) in [6.07, 6.45) is 0.596. The fraction of sp³-hybridized carbons (Fsp3) is 0.867. The van der Waals surface area contributed by atoms with E-state index in [0.717, 1.165) is 11.8 Å². The molecule has 4 heteroatoms. The number of hydrogen-bond donors (Lipinski definition) is 0. The van der Waals surface area contributed by atoms with Crippen molar-refractivity contribution in [1.82, 2.24) is 0 Å². The van der Waals surface area contributed by atoms with Gasteiger partial charge < -0.3 is 9.47 Å². The lowest BCUT2D eigenvalue weighted by atomic mass is 9.88. The van der Waals surface area contributed by atoms with Crippen molar-refractivity contribution < 1.29 is 9.47 Å². The van der Waals surface area contributed by atoms with Crippen molar-refractivity contribution in [1.29, 1.82) is 0 Å². The molecule has 2 aliphatic heterocycles. The second kappa shape index (κ2) is 4.80. The first-order chi connectivity index (χ1) is 8.66. The molecule has 0 aromatic carbocycles. The molecule has 0 aromatic rings. The molecule has 2 aliphatic rings. The van der Waals surface area contributed by atoms with Crippen molar-refractivity contribution in [3.05, 3.63) is 0 Å². The first-order valence-electron chi connectivity index (χ1n) is 7.05. The van der Waals surface area contributed by atoms with Crippen molar-refractivity contribution in [2.75, 3.05) is 13.2 Å². The average Bonchev–Trinajstić information content (AvgIpc) is 2.84. The second-order valence-electron chi connectivity index (χ2n) is 7.61. The lowest BCUT2D eigenvalue weighted by Gasteiger charge is -2.21. The molecule has 2 rings (SSSR count). The molecular weight excluding hydrogens is 240 g/mol. The zero-order valence-corrected chi connectivity index (χ0v) is 13.0. The molecule has 0 N–H and O–H groups in total. The molecule has 0 spiro atoms. The molecule has 0 bridgehead atoms. The summed E-state index contributed by atoms with van der Waals surface area (Å²) >= 11 is 0. The molecule has 0 saturated heterocycles. The van der Waals surface area contributed by atoms with Crippen LogP contribution in [-0.4, -0.2) is 37.1 Å². The van der Waals surface area contributed by atoms with Gasteiger partial charge in [0.1, 0.15) is 13.2 Å². The largest absolute Gasteiger partial charge is 0.478 e. The van der Waals surface area contributed by atoms with Gasteiger partial charge in [-0.2, -0.15) is 0 Å². The van der Waals surface area contributed by atoms with E-state index in [9.17, 15) is 0 Å². The third-order valence-corrected chi connectivity index (χ3v) is 3.72. The minimum absolute atomic E-state index is 0.147. The predicted octanol–water partition coefficient (Wildman–Crippen LogP) is 3.06. The molecule has 0 aliphatic carbocycles. The van der Waals surface area contributed by atoms with E-state index in [1.165, 1.54) is 0 Å². The molecule has 1 unspecified atom stereocenters. The topological polar surface area (TPSA) is 43.2 Å². The summed E-state index contributed by atoms with van der Waals surface area (Å²) in [4.78, 5) is 9.29. The zero-order valence-electron chi connectivity index (χ0n) is 13.0. The van der Waals surface area contributed by atoms with Crippen LogP contribution in [0.4, 0.5) is 0 Å². The maximum Gasteiger partial charge on any atom is 0.193 e. The summed E-state index contributed by atoms with van der Waals surface area (Å²) in [5.74, 6) is 1.54. The standard InChI is InChI=1S/C15H26N2O2/c1-14(2,3)10-8-18-12(16-10)7-13-17-11(9-19-13)15(4,5)6/h10-11H,7-9H2,1-6H3/t10-,11?/m1/s1. The van der Waals surface area contributed by atoms with Crippen molar-refractivity contribution in [3.63, 3.8) is 0 Å². The van der Waals surface area contributed by atoms with Gasteiger partial charge in [0.2, 0.25) is 0 Å². The Labute approximate surface area is 116 Å². The minimum Gasteiger partial charge on any atom is -0.478 e. The van der Waals surface area contributed by atoms with Crippen LogP contribution >= 0.6 is 0 Å². The van der Waals surface area contributed by atoms with E-state index < -0.39 is 0 Å². The monoisotopic (exact) mass is 266 g/mol. The van der Waals surface area contributed by atoms with E-state index in [1.54, 1.807) is 0 Å². The SMILES string of the molecule is CC(C)(C)C1COC(CC2=N[C@@H](C(C)(C)C)CO2)=N1. The van der Waals surface area contributed by atoms with Crippen molar-refractivity contribution >= 4 is 11.8 Å². The molecule has 0 radical (unpaired) electrons. The highest BCUT2D eigenvalue weighted by Gasteiger charge is 2.33. The van der Waals surface area contributed by atoms with E-state index >= 15 is 0 Å². The Kier molecular flexibility index (Phi) is 3.63. The maximum atomic E-state index is 5.66. The van der Waals surface area contributed by atoms with Crippen LogP contribution in [0.1, 0.15) is 48.0 Å². The second-order valence-corrected chi connectivity index (χ2v) is 7.61. The fourth-order valence-electron chi connectivity index (χ4n) is 2.06. The van der Waals surface area contributed by atoms with Gasteiger partial charge in [-0.25, -0.2) is 9.98 Å². The zero-order chi connectivity index (χ0) is 14.3. The number of hydrogen-bond acceptors (Lipinski definition) is 4. The number of aliphatic imine (C=N–C) groups is 2. The first-order valence-corrected chi connectivity index (χ1v) is 7.05. The summed E-state index contributed by atoms with van der Waals surface area (Å²) in [6, 6.07) is 0.478. The Morgan fingerprint density at radius 3 is 1.47 bits per heavy atom. The molecule has 4 nitrogen and oxygen atoms in total. The van der Waals surface area contributed by atoms with Gasteiger partial charge in [-0.05, 0) is 10.8 Å². The Balaban J connectivity index is 1.97. The highest BCUT2D eigenvalue weighted by atomic mass is 16.5. The molecule has 108 valence electrons. The summed E-state index contributed by atoms with van der Waals surface area (Å²) in [7, 11) is 0. The highest BCUT2D eigenvalue weighted by Crippen LogP contribution is 2.29. The number of ether oxygens (including phenoxy) is 2. The molecule has 0 amide bonds. The third-order valence-electron chi connectivity index (χ3n) is 3.72. The van der Waals surface area contributed by atoms with Crippen molar-refractivity contribution in [2.24, 2.45) is 20.8 Å². The van der Waals surface area contributed by atoms with Gasteiger partial charge in [-0.3, -0.25) is 0 Å². The van der Waals surface area contributed by atoms with Crippen LogP contribution < -0.4 is 0 Å². The first kappa shape index (κ1) is 14.4. The minimum atomic E-state index is 0.147. The number of rotatable bonds is 2. The van der Waals surface area contributed by atoms with E-state index in [-0.39, 0.29) is 22.9 Å². The number of nitrogens with zero attached hydrogens (tertiary/aromatic N) is 2. The average molecular weight is 266 g/mol. The van der Waals surface area contributed by atoms with Gasteiger partial charge in [0.05, 0.1) is 18.5 Å². The smallest absolute Gasteiger partial charge is 0.193 e. The highest BCUT2D eigenvalue weighted by molar-refractivity contribution is 5.98. The van der Waals surface area contributed by atoms with Crippen molar-refractivity contribution in [2.45, 2.75) is 60.0 Å². The van der Waals surface area contributed by atoms with Gasteiger partial charge >= 0.3 is 0 Å². The molecular formula is C15H26N2O2.